The topological polar surface area (TPSA) is 45.1 Å². The third-order valence-corrected chi connectivity index (χ3v) is 6.81. The van der Waals surface area contributed by atoms with Crippen LogP contribution in [0.15, 0.2) is 58.3 Å². The minimum atomic E-state index is -0.405. The molecule has 0 unspecified atom stereocenters. The summed E-state index contributed by atoms with van der Waals surface area (Å²) in [6, 6.07) is 12.8. The Labute approximate surface area is 183 Å². The molecule has 0 fully saturated rings. The highest BCUT2D eigenvalue weighted by molar-refractivity contribution is 7.12. The molecule has 1 aliphatic heterocycles. The summed E-state index contributed by atoms with van der Waals surface area (Å²) < 4.78 is 18.9. The van der Waals surface area contributed by atoms with E-state index in [9.17, 15) is 9.18 Å². The van der Waals surface area contributed by atoms with Crippen LogP contribution in [0.4, 0.5) is 4.39 Å². The van der Waals surface area contributed by atoms with Gasteiger partial charge in [0.2, 0.25) is 0 Å². The number of thiophene rings is 2. The number of hydrogen-bond acceptors (Lipinski definition) is 6. The number of likely N-dealkylation sites (N-methyl/N-ethyl adjacent to an activating group) is 1. The lowest BCUT2D eigenvalue weighted by atomic mass is 10.1. The monoisotopic (exact) mass is 443 g/mol. The van der Waals surface area contributed by atoms with E-state index >= 15 is 0 Å². The van der Waals surface area contributed by atoms with Crippen molar-refractivity contribution in [2.45, 2.75) is 19.0 Å². The number of halogens is 1. The van der Waals surface area contributed by atoms with Crippen molar-refractivity contribution in [1.82, 2.24) is 9.91 Å². The molecule has 1 aliphatic rings. The normalized spacial score (nSPS) is 16.2. The molecule has 0 spiro atoms. The second-order valence-electron chi connectivity index (χ2n) is 7.14. The fourth-order valence-electron chi connectivity index (χ4n) is 3.51. The highest BCUT2D eigenvalue weighted by atomic mass is 32.1. The first kappa shape index (κ1) is 20.7. The highest BCUT2D eigenvalue weighted by Crippen LogP contribution is 2.36. The average molecular weight is 444 g/mol. The van der Waals surface area contributed by atoms with Crippen LogP contribution in [-0.2, 0) is 11.3 Å². The van der Waals surface area contributed by atoms with Crippen molar-refractivity contribution in [2.75, 3.05) is 20.7 Å². The Kier molecular flexibility index (Phi) is 6.26. The predicted molar refractivity (Wildman–Crippen MR) is 119 cm³/mol. The lowest BCUT2D eigenvalue weighted by Gasteiger charge is -2.24. The number of methoxy groups -OCH3 is 1. The number of benzene rings is 1. The molecular formula is C22H22FN3O2S2. The van der Waals surface area contributed by atoms with Gasteiger partial charge in [0.1, 0.15) is 0 Å². The first-order valence-corrected chi connectivity index (χ1v) is 11.3. The van der Waals surface area contributed by atoms with E-state index < -0.39 is 5.82 Å². The van der Waals surface area contributed by atoms with Crippen molar-refractivity contribution < 1.29 is 13.9 Å². The van der Waals surface area contributed by atoms with Crippen LogP contribution in [-0.4, -0.2) is 42.2 Å². The standard InChI is InChI=1S/C22H22FN3O2S2/c1-25(13-15-7-8-19(28-2)16(23)11-15)14-22(27)26-18(21-6-4-10-30-21)12-17(24-26)20-5-3-9-29-20/h3-11,18H,12-14H2,1-2H3/t18-/m1/s1. The SMILES string of the molecule is COc1ccc(CN(C)CC(=O)N2N=C(c3cccs3)C[C@@H]2c2cccs2)cc1F. The molecule has 8 heteroatoms. The maximum absolute atomic E-state index is 14.0. The number of nitrogens with zero attached hydrogens (tertiary/aromatic N) is 3. The van der Waals surface area contributed by atoms with Gasteiger partial charge < -0.3 is 4.74 Å². The molecule has 0 radical (unpaired) electrons. The van der Waals surface area contributed by atoms with Crippen LogP contribution in [0, 0.1) is 5.82 Å². The van der Waals surface area contributed by atoms with Gasteiger partial charge in [-0.2, -0.15) is 5.10 Å². The zero-order chi connectivity index (χ0) is 21.1. The van der Waals surface area contributed by atoms with Gasteiger partial charge in [-0.25, -0.2) is 9.40 Å². The zero-order valence-corrected chi connectivity index (χ0v) is 18.4. The Bertz CT molecular complexity index is 1030. The molecule has 3 heterocycles. The van der Waals surface area contributed by atoms with Gasteiger partial charge in [-0.1, -0.05) is 18.2 Å². The van der Waals surface area contributed by atoms with Crippen LogP contribution in [0.3, 0.4) is 0 Å². The van der Waals surface area contributed by atoms with Gasteiger partial charge in [0.15, 0.2) is 11.6 Å². The zero-order valence-electron chi connectivity index (χ0n) is 16.7. The van der Waals surface area contributed by atoms with E-state index in [1.807, 2.05) is 47.0 Å². The molecule has 2 aromatic heterocycles. The molecule has 0 N–H and O–H groups in total. The van der Waals surface area contributed by atoms with Crippen LogP contribution < -0.4 is 4.74 Å². The number of ether oxygens (including phenoxy) is 1. The third kappa shape index (κ3) is 4.45. The summed E-state index contributed by atoms with van der Waals surface area (Å²) in [7, 11) is 3.29. The van der Waals surface area contributed by atoms with Gasteiger partial charge in [-0.15, -0.1) is 22.7 Å². The van der Waals surface area contributed by atoms with Crippen molar-refractivity contribution in [2.24, 2.45) is 5.10 Å². The van der Waals surface area contributed by atoms with Crippen LogP contribution >= 0.6 is 22.7 Å². The van der Waals surface area contributed by atoms with Gasteiger partial charge >= 0.3 is 0 Å². The number of amides is 1. The second kappa shape index (κ2) is 9.07. The van der Waals surface area contributed by atoms with E-state index in [1.54, 1.807) is 39.8 Å². The molecule has 4 rings (SSSR count). The van der Waals surface area contributed by atoms with Gasteiger partial charge in [0.05, 0.1) is 30.3 Å². The molecule has 0 saturated carbocycles. The fraction of sp³-hybridized carbons (Fsp3) is 0.273. The van der Waals surface area contributed by atoms with E-state index in [0.717, 1.165) is 21.0 Å². The summed E-state index contributed by atoms with van der Waals surface area (Å²) in [5.41, 5.74) is 1.72. The summed E-state index contributed by atoms with van der Waals surface area (Å²) in [6.07, 6.45) is 0.709. The van der Waals surface area contributed by atoms with E-state index in [0.29, 0.717) is 13.0 Å². The molecule has 0 aliphatic carbocycles. The van der Waals surface area contributed by atoms with E-state index in [4.69, 9.17) is 4.74 Å². The molecule has 5 nitrogen and oxygen atoms in total. The third-order valence-electron chi connectivity index (χ3n) is 4.92. The minimum Gasteiger partial charge on any atom is -0.494 e. The second-order valence-corrected chi connectivity index (χ2v) is 9.07. The summed E-state index contributed by atoms with van der Waals surface area (Å²) in [4.78, 5) is 17.2. The molecule has 1 aromatic carbocycles. The van der Waals surface area contributed by atoms with Gasteiger partial charge in [-0.05, 0) is 47.6 Å². The highest BCUT2D eigenvalue weighted by Gasteiger charge is 2.34. The van der Waals surface area contributed by atoms with E-state index in [1.165, 1.54) is 13.2 Å². The fourth-order valence-corrected chi connectivity index (χ4v) is 5.05. The molecule has 0 bridgehead atoms. The Balaban J connectivity index is 1.47. The maximum Gasteiger partial charge on any atom is 0.257 e. The van der Waals surface area contributed by atoms with Crippen LogP contribution in [0.25, 0.3) is 0 Å². The van der Waals surface area contributed by atoms with Crippen molar-refractivity contribution >= 4 is 34.3 Å². The van der Waals surface area contributed by atoms with E-state index in [2.05, 4.69) is 5.10 Å². The molecule has 1 amide bonds. The largest absolute Gasteiger partial charge is 0.494 e. The summed E-state index contributed by atoms with van der Waals surface area (Å²) in [5.74, 6) is -0.266. The van der Waals surface area contributed by atoms with Crippen LogP contribution in [0.2, 0.25) is 0 Å². The number of carbonyl (C=O) groups is 1. The molecule has 1 atom stereocenters. The lowest BCUT2D eigenvalue weighted by Crippen LogP contribution is -2.36. The Morgan fingerprint density at radius 3 is 2.73 bits per heavy atom. The van der Waals surface area contributed by atoms with Gasteiger partial charge in [-0.3, -0.25) is 9.69 Å². The molecule has 156 valence electrons. The summed E-state index contributed by atoms with van der Waals surface area (Å²) in [6.45, 7) is 0.641. The Morgan fingerprint density at radius 2 is 2.07 bits per heavy atom. The van der Waals surface area contributed by atoms with Crippen molar-refractivity contribution in [3.05, 3.63) is 74.4 Å². The lowest BCUT2D eigenvalue weighted by molar-refractivity contribution is -0.134. The predicted octanol–water partition coefficient (Wildman–Crippen LogP) is 4.77. The number of hydrazone groups is 1. The van der Waals surface area contributed by atoms with E-state index in [-0.39, 0.29) is 24.2 Å². The maximum atomic E-state index is 14.0. The molecule has 0 saturated heterocycles. The summed E-state index contributed by atoms with van der Waals surface area (Å²) >= 11 is 3.27. The van der Waals surface area contributed by atoms with Crippen molar-refractivity contribution in [3.8, 4) is 5.75 Å². The van der Waals surface area contributed by atoms with Gasteiger partial charge in [0, 0.05) is 17.8 Å². The Morgan fingerprint density at radius 1 is 1.27 bits per heavy atom. The summed E-state index contributed by atoms with van der Waals surface area (Å²) in [5, 5.41) is 10.3. The Hall–Kier alpha value is -2.55. The van der Waals surface area contributed by atoms with Crippen LogP contribution in [0.5, 0.6) is 5.75 Å². The minimum absolute atomic E-state index is 0.0727. The quantitative estimate of drug-likeness (QED) is 0.529. The number of rotatable bonds is 7. The van der Waals surface area contributed by atoms with Crippen molar-refractivity contribution in [1.29, 1.82) is 0 Å². The number of hydrogen-bond donors (Lipinski definition) is 0. The van der Waals surface area contributed by atoms with Gasteiger partial charge in [0.25, 0.3) is 5.91 Å². The first-order chi connectivity index (χ1) is 14.5. The molecule has 3 aromatic rings. The average Bonchev–Trinajstić information content (AvgIpc) is 3.48. The number of carbonyl (C=O) groups excluding carboxylic acids is 1. The van der Waals surface area contributed by atoms with Crippen LogP contribution in [0.1, 0.15) is 27.8 Å². The van der Waals surface area contributed by atoms with Crippen molar-refractivity contribution in [3.63, 3.8) is 0 Å². The molecule has 30 heavy (non-hydrogen) atoms. The molecular weight excluding hydrogens is 421 g/mol. The first-order valence-electron chi connectivity index (χ1n) is 9.53. The smallest absolute Gasteiger partial charge is 0.257 e.